The molecule has 2 rings (SSSR count). The Morgan fingerprint density at radius 1 is 0.921 bits per heavy atom. The zero-order valence-electron chi connectivity index (χ0n) is 21.4. The molecule has 1 saturated carbocycles. The molecule has 1 aromatic rings. The molecule has 1 atom stereocenters. The van der Waals surface area contributed by atoms with Crippen LogP contribution in [0, 0.1) is 40.9 Å². The SMILES string of the molecule is CCCC[C@H](NC(=O)C(C)(C)NC(=O)C1CCC(CNC(=O)c2c(F)c(F)c(F)c(F)c2F)CC1)C(=O)O. The van der Waals surface area contributed by atoms with E-state index in [9.17, 15) is 46.2 Å². The average Bonchev–Trinajstić information content (AvgIpc) is 2.87. The highest BCUT2D eigenvalue weighted by atomic mass is 19.2. The predicted octanol–water partition coefficient (Wildman–Crippen LogP) is 3.57. The van der Waals surface area contributed by atoms with Gasteiger partial charge >= 0.3 is 5.97 Å². The molecule has 1 fully saturated rings. The van der Waals surface area contributed by atoms with E-state index >= 15 is 0 Å². The van der Waals surface area contributed by atoms with E-state index in [0.29, 0.717) is 32.1 Å². The van der Waals surface area contributed by atoms with Crippen molar-refractivity contribution in [2.75, 3.05) is 6.54 Å². The first kappa shape index (κ1) is 31.0. The Labute approximate surface area is 216 Å². The van der Waals surface area contributed by atoms with Crippen LogP contribution in [0.3, 0.4) is 0 Å². The molecule has 0 radical (unpaired) electrons. The second-order valence-corrected chi connectivity index (χ2v) is 9.99. The van der Waals surface area contributed by atoms with E-state index in [1.165, 1.54) is 13.8 Å². The Bertz CT molecular complexity index is 1040. The standard InChI is InChI=1S/C25H32F5N3O5/c1-4-5-6-14(23(36)37)32-24(38)25(2,3)33-21(34)13-9-7-12(8-10-13)11-31-22(35)15-16(26)18(28)20(30)19(29)17(15)27/h12-14H,4-11H2,1-3H3,(H,31,35)(H,32,38)(H,33,34)(H,36,37)/t12?,13?,14-/m0/s1. The van der Waals surface area contributed by atoms with Gasteiger partial charge < -0.3 is 21.1 Å². The minimum Gasteiger partial charge on any atom is -0.480 e. The summed E-state index contributed by atoms with van der Waals surface area (Å²) in [6.07, 6.45) is 3.17. The molecule has 0 unspecified atom stereocenters. The largest absolute Gasteiger partial charge is 0.480 e. The average molecular weight is 550 g/mol. The zero-order chi connectivity index (χ0) is 28.8. The molecule has 4 N–H and O–H groups in total. The van der Waals surface area contributed by atoms with Crippen LogP contribution < -0.4 is 16.0 Å². The van der Waals surface area contributed by atoms with Crippen molar-refractivity contribution in [3.63, 3.8) is 0 Å². The number of carboxylic acid groups (broad SMARTS) is 1. The van der Waals surface area contributed by atoms with Crippen LogP contribution >= 0.6 is 0 Å². The summed E-state index contributed by atoms with van der Waals surface area (Å²) in [4.78, 5) is 48.9. The number of halogens is 5. The fraction of sp³-hybridized carbons (Fsp3) is 0.600. The van der Waals surface area contributed by atoms with Crippen LogP contribution in [0.25, 0.3) is 0 Å². The quantitative estimate of drug-likeness (QED) is 0.191. The van der Waals surface area contributed by atoms with E-state index in [2.05, 4.69) is 16.0 Å². The lowest BCUT2D eigenvalue weighted by atomic mass is 9.81. The molecule has 0 aliphatic heterocycles. The maximum absolute atomic E-state index is 13.8. The van der Waals surface area contributed by atoms with Gasteiger partial charge in [-0.25, -0.2) is 26.7 Å². The molecular formula is C25H32F5N3O5. The molecule has 38 heavy (non-hydrogen) atoms. The molecule has 1 aromatic carbocycles. The summed E-state index contributed by atoms with van der Waals surface area (Å²) in [7, 11) is 0. The third-order valence-electron chi connectivity index (χ3n) is 6.66. The van der Waals surface area contributed by atoms with E-state index in [4.69, 9.17) is 0 Å². The Hall–Kier alpha value is -3.25. The van der Waals surface area contributed by atoms with Gasteiger partial charge in [-0.3, -0.25) is 14.4 Å². The van der Waals surface area contributed by atoms with Crippen molar-refractivity contribution in [2.24, 2.45) is 11.8 Å². The highest BCUT2D eigenvalue weighted by Gasteiger charge is 2.36. The van der Waals surface area contributed by atoms with Gasteiger partial charge in [0, 0.05) is 12.5 Å². The number of carbonyl (C=O) groups excluding carboxylic acids is 3. The molecule has 0 heterocycles. The number of aliphatic carboxylic acids is 1. The molecule has 1 aliphatic carbocycles. The first-order valence-electron chi connectivity index (χ1n) is 12.4. The lowest BCUT2D eigenvalue weighted by molar-refractivity contribution is -0.143. The molecule has 0 spiro atoms. The minimum absolute atomic E-state index is 0.102. The maximum atomic E-state index is 13.8. The topological polar surface area (TPSA) is 125 Å². The van der Waals surface area contributed by atoms with Crippen LogP contribution in [0.5, 0.6) is 0 Å². The van der Waals surface area contributed by atoms with Crippen molar-refractivity contribution in [1.29, 1.82) is 0 Å². The fourth-order valence-corrected chi connectivity index (χ4v) is 4.23. The molecule has 3 amide bonds. The predicted molar refractivity (Wildman–Crippen MR) is 125 cm³/mol. The Morgan fingerprint density at radius 3 is 1.95 bits per heavy atom. The molecule has 0 bridgehead atoms. The zero-order valence-corrected chi connectivity index (χ0v) is 21.4. The van der Waals surface area contributed by atoms with Gasteiger partial charge in [0.2, 0.25) is 17.6 Å². The van der Waals surface area contributed by atoms with Crippen LogP contribution in [0.15, 0.2) is 0 Å². The van der Waals surface area contributed by atoms with Crippen molar-refractivity contribution in [1.82, 2.24) is 16.0 Å². The van der Waals surface area contributed by atoms with E-state index in [0.717, 1.165) is 6.42 Å². The van der Waals surface area contributed by atoms with E-state index in [1.807, 2.05) is 6.92 Å². The number of benzene rings is 1. The van der Waals surface area contributed by atoms with Gasteiger partial charge in [0.1, 0.15) is 17.1 Å². The molecular weight excluding hydrogens is 517 g/mol. The number of amides is 3. The van der Waals surface area contributed by atoms with Crippen LogP contribution in [-0.2, 0) is 14.4 Å². The van der Waals surface area contributed by atoms with Crippen LogP contribution in [0.2, 0.25) is 0 Å². The summed E-state index contributed by atoms with van der Waals surface area (Å²) >= 11 is 0. The number of carboxylic acids is 1. The molecule has 13 heteroatoms. The highest BCUT2D eigenvalue weighted by molar-refractivity contribution is 5.95. The Kier molecular flexibility index (Phi) is 10.6. The smallest absolute Gasteiger partial charge is 0.326 e. The summed E-state index contributed by atoms with van der Waals surface area (Å²) < 4.78 is 67.6. The van der Waals surface area contributed by atoms with Gasteiger partial charge in [-0.2, -0.15) is 0 Å². The number of nitrogens with one attached hydrogen (secondary N) is 3. The van der Waals surface area contributed by atoms with Gasteiger partial charge in [-0.05, 0) is 51.9 Å². The normalized spacial score (nSPS) is 18.4. The third kappa shape index (κ3) is 7.41. The number of hydrogen-bond acceptors (Lipinski definition) is 4. The first-order valence-corrected chi connectivity index (χ1v) is 12.4. The molecule has 212 valence electrons. The van der Waals surface area contributed by atoms with Crippen molar-refractivity contribution in [3.8, 4) is 0 Å². The van der Waals surface area contributed by atoms with Crippen LogP contribution in [0.4, 0.5) is 22.0 Å². The lowest BCUT2D eigenvalue weighted by Gasteiger charge is -2.32. The van der Waals surface area contributed by atoms with Crippen molar-refractivity contribution >= 4 is 23.7 Å². The third-order valence-corrected chi connectivity index (χ3v) is 6.66. The number of rotatable bonds is 11. The molecule has 0 saturated heterocycles. The first-order chi connectivity index (χ1) is 17.7. The van der Waals surface area contributed by atoms with E-state index in [-0.39, 0.29) is 18.9 Å². The van der Waals surface area contributed by atoms with E-state index < -0.39 is 75.8 Å². The molecule has 8 nitrogen and oxygen atoms in total. The van der Waals surface area contributed by atoms with Crippen molar-refractivity contribution < 1.29 is 46.2 Å². The summed E-state index contributed by atoms with van der Waals surface area (Å²) in [6, 6.07) is -1.07. The van der Waals surface area contributed by atoms with Gasteiger partial charge in [-0.1, -0.05) is 19.8 Å². The minimum atomic E-state index is -2.35. The summed E-state index contributed by atoms with van der Waals surface area (Å²) in [6.45, 7) is 4.70. The Balaban J connectivity index is 1.89. The highest BCUT2D eigenvalue weighted by Crippen LogP contribution is 2.29. The fourth-order valence-electron chi connectivity index (χ4n) is 4.23. The molecule has 0 aromatic heterocycles. The lowest BCUT2D eigenvalue weighted by Crippen LogP contribution is -2.58. The Morgan fingerprint density at radius 2 is 1.45 bits per heavy atom. The monoisotopic (exact) mass is 549 g/mol. The van der Waals surface area contributed by atoms with Gasteiger partial charge in [0.05, 0.1) is 0 Å². The number of carbonyl (C=O) groups is 4. The van der Waals surface area contributed by atoms with E-state index in [1.54, 1.807) is 0 Å². The van der Waals surface area contributed by atoms with Crippen molar-refractivity contribution in [2.45, 2.75) is 77.3 Å². The van der Waals surface area contributed by atoms with Gasteiger partial charge in [-0.15, -0.1) is 0 Å². The van der Waals surface area contributed by atoms with Gasteiger partial charge in [0.25, 0.3) is 5.91 Å². The summed E-state index contributed by atoms with van der Waals surface area (Å²) in [5.74, 6) is -15.6. The second-order valence-electron chi connectivity index (χ2n) is 9.99. The number of hydrogen-bond donors (Lipinski definition) is 4. The molecule has 1 aliphatic rings. The van der Waals surface area contributed by atoms with Gasteiger partial charge in [0.15, 0.2) is 23.3 Å². The number of unbranched alkanes of at least 4 members (excludes halogenated alkanes) is 1. The summed E-state index contributed by atoms with van der Waals surface area (Å²) in [5.41, 5.74) is -2.94. The summed E-state index contributed by atoms with van der Waals surface area (Å²) in [5, 5.41) is 16.6. The van der Waals surface area contributed by atoms with Crippen molar-refractivity contribution in [3.05, 3.63) is 34.6 Å². The maximum Gasteiger partial charge on any atom is 0.326 e. The van der Waals surface area contributed by atoms with Crippen LogP contribution in [-0.4, -0.2) is 46.9 Å². The van der Waals surface area contributed by atoms with Crippen LogP contribution in [0.1, 0.15) is 76.1 Å². The second kappa shape index (κ2) is 13.0.